The van der Waals surface area contributed by atoms with Crippen LogP contribution in [0.5, 0.6) is 0 Å². The maximum Gasteiger partial charge on any atom is 0.410 e. The largest absolute Gasteiger partial charge is 0.691 e. The van der Waals surface area contributed by atoms with Crippen molar-refractivity contribution in [3.05, 3.63) is 89.1 Å². The molecule has 3 aromatic carbocycles. The van der Waals surface area contributed by atoms with Crippen molar-refractivity contribution in [1.82, 2.24) is 14.8 Å². The van der Waals surface area contributed by atoms with Crippen LogP contribution in [-0.4, -0.2) is 46.5 Å². The van der Waals surface area contributed by atoms with E-state index in [9.17, 15) is 14.8 Å². The van der Waals surface area contributed by atoms with Crippen LogP contribution in [0.15, 0.2) is 72.8 Å². The highest BCUT2D eigenvalue weighted by Gasteiger charge is 2.38. The number of hydrogen-bond donors (Lipinski definition) is 0. The Bertz CT molecular complexity index is 1380. The Balaban J connectivity index is 1.37. The molecule has 178 valence electrons. The van der Waals surface area contributed by atoms with E-state index in [0.717, 1.165) is 26.9 Å². The molecule has 4 aromatic rings. The van der Waals surface area contributed by atoms with Crippen LogP contribution in [0.2, 0.25) is 0 Å². The molecule has 0 unspecified atom stereocenters. The number of ether oxygens (including phenoxy) is 1. The van der Waals surface area contributed by atoms with Gasteiger partial charge >= 0.3 is 12.0 Å². The first-order valence-electron chi connectivity index (χ1n) is 11.6. The molecule has 0 saturated heterocycles. The molecule has 0 bridgehead atoms. The Morgan fingerprint density at radius 3 is 2.20 bits per heavy atom. The standard InChI is InChI=1S/C27H26N4O4/c1-17(2)25(26(32)30-23-14-8-9-15-24(23)31(34)28-30)29(3)27(33)35-16-22-20-12-6-4-10-18(20)19-11-5-7-13-21(19)22/h4-15,17,22,25H,16H2,1-3H3/t25-/m0/s1. The quantitative estimate of drug-likeness (QED) is 0.322. The first-order valence-corrected chi connectivity index (χ1v) is 11.6. The maximum absolute atomic E-state index is 13.4. The molecule has 0 radical (unpaired) electrons. The summed E-state index contributed by atoms with van der Waals surface area (Å²) in [5.41, 5.74) is 5.19. The zero-order chi connectivity index (χ0) is 24.7. The molecule has 0 saturated carbocycles. The normalized spacial score (nSPS) is 13.5. The molecule has 0 aliphatic heterocycles. The van der Waals surface area contributed by atoms with Crippen molar-refractivity contribution in [2.24, 2.45) is 5.92 Å². The number of para-hydroxylation sites is 2. The number of aromatic nitrogens is 3. The van der Waals surface area contributed by atoms with E-state index < -0.39 is 18.0 Å². The summed E-state index contributed by atoms with van der Waals surface area (Å²) in [6, 6.07) is 22.0. The van der Waals surface area contributed by atoms with E-state index in [1.54, 1.807) is 31.3 Å². The molecule has 0 fully saturated rings. The number of fused-ring (bicyclic) bond motifs is 4. The second-order valence-electron chi connectivity index (χ2n) is 9.10. The van der Waals surface area contributed by atoms with Crippen molar-refractivity contribution < 1.29 is 19.2 Å². The van der Waals surface area contributed by atoms with Gasteiger partial charge in [0.25, 0.3) is 0 Å². The van der Waals surface area contributed by atoms with E-state index in [2.05, 4.69) is 29.5 Å². The van der Waals surface area contributed by atoms with Crippen LogP contribution >= 0.6 is 0 Å². The highest BCUT2D eigenvalue weighted by atomic mass is 16.6. The highest BCUT2D eigenvalue weighted by molar-refractivity contribution is 5.93. The van der Waals surface area contributed by atoms with Gasteiger partial charge in [-0.2, -0.15) is 0 Å². The molecule has 1 amide bonds. The lowest BCUT2D eigenvalue weighted by Crippen LogP contribution is -2.49. The predicted molar refractivity (Wildman–Crippen MR) is 131 cm³/mol. The molecule has 1 aromatic heterocycles. The second kappa shape index (κ2) is 8.87. The fraction of sp³-hybridized carbons (Fsp3) is 0.259. The van der Waals surface area contributed by atoms with Crippen molar-refractivity contribution in [2.45, 2.75) is 25.8 Å². The summed E-state index contributed by atoms with van der Waals surface area (Å²) in [7, 11) is 1.54. The van der Waals surface area contributed by atoms with Gasteiger partial charge in [0.2, 0.25) is 11.0 Å². The molecular weight excluding hydrogens is 444 g/mol. The van der Waals surface area contributed by atoms with Crippen LogP contribution in [0.1, 0.15) is 35.7 Å². The van der Waals surface area contributed by atoms with E-state index in [-0.39, 0.29) is 24.0 Å². The van der Waals surface area contributed by atoms with Gasteiger partial charge in [0.15, 0.2) is 0 Å². The van der Waals surface area contributed by atoms with Gasteiger partial charge in [0.1, 0.15) is 17.9 Å². The Morgan fingerprint density at radius 1 is 1.00 bits per heavy atom. The van der Waals surface area contributed by atoms with Gasteiger partial charge in [-0.25, -0.2) is 9.59 Å². The third kappa shape index (κ3) is 3.80. The maximum atomic E-state index is 13.4. The minimum Gasteiger partial charge on any atom is -0.691 e. The fourth-order valence-electron chi connectivity index (χ4n) is 4.98. The van der Waals surface area contributed by atoms with Gasteiger partial charge in [-0.05, 0) is 40.3 Å². The zero-order valence-electron chi connectivity index (χ0n) is 19.8. The lowest BCUT2D eigenvalue weighted by atomic mass is 9.98. The number of nitrogens with zero attached hydrogens (tertiary/aromatic N) is 4. The summed E-state index contributed by atoms with van der Waals surface area (Å²) >= 11 is 0. The van der Waals surface area contributed by atoms with Gasteiger partial charge < -0.3 is 9.94 Å². The predicted octanol–water partition coefficient (Wildman–Crippen LogP) is 4.22. The Kier molecular flexibility index (Phi) is 5.72. The number of amides is 1. The number of hydrogen-bond acceptors (Lipinski definition) is 5. The van der Waals surface area contributed by atoms with Gasteiger partial charge in [-0.1, -0.05) is 79.2 Å². The lowest BCUT2D eigenvalue weighted by Gasteiger charge is -2.27. The van der Waals surface area contributed by atoms with Gasteiger partial charge in [-0.3, -0.25) is 4.90 Å². The molecule has 0 N–H and O–H groups in total. The highest BCUT2D eigenvalue weighted by Crippen LogP contribution is 2.44. The average Bonchev–Trinajstić information content (AvgIpc) is 3.37. The fourth-order valence-corrected chi connectivity index (χ4v) is 4.98. The van der Waals surface area contributed by atoms with Crippen molar-refractivity contribution in [1.29, 1.82) is 0 Å². The number of rotatable bonds is 5. The third-order valence-electron chi connectivity index (χ3n) is 6.62. The van der Waals surface area contributed by atoms with Crippen molar-refractivity contribution in [3.63, 3.8) is 0 Å². The monoisotopic (exact) mass is 470 g/mol. The first-order chi connectivity index (χ1) is 16.9. The van der Waals surface area contributed by atoms with Crippen LogP contribution in [0.4, 0.5) is 4.79 Å². The second-order valence-corrected chi connectivity index (χ2v) is 9.10. The molecule has 35 heavy (non-hydrogen) atoms. The molecule has 5 rings (SSSR count). The molecule has 8 nitrogen and oxygen atoms in total. The van der Waals surface area contributed by atoms with Crippen molar-refractivity contribution >= 4 is 23.0 Å². The molecule has 1 aliphatic carbocycles. The molecular formula is C27H26N4O4. The topological polar surface area (TPSA) is 91.4 Å². The van der Waals surface area contributed by atoms with Gasteiger partial charge in [0.05, 0.1) is 0 Å². The van der Waals surface area contributed by atoms with Crippen molar-refractivity contribution in [3.8, 4) is 11.1 Å². The third-order valence-corrected chi connectivity index (χ3v) is 6.62. The molecule has 1 heterocycles. The summed E-state index contributed by atoms with van der Waals surface area (Å²) in [5.74, 6) is -0.791. The smallest absolute Gasteiger partial charge is 0.410 e. The zero-order valence-corrected chi connectivity index (χ0v) is 19.8. The van der Waals surface area contributed by atoms with Crippen LogP contribution in [0, 0.1) is 11.1 Å². The SMILES string of the molecule is CC(C)[C@@H](C(=O)n1n[n+]([O-])c2ccccc21)N(C)C(=O)OCC1c2ccccc2-c2ccccc21. The van der Waals surface area contributed by atoms with Crippen LogP contribution in [-0.2, 0) is 4.74 Å². The van der Waals surface area contributed by atoms with E-state index in [1.807, 2.05) is 38.1 Å². The minimum atomic E-state index is -0.867. The Morgan fingerprint density at radius 2 is 1.57 bits per heavy atom. The van der Waals surface area contributed by atoms with Crippen LogP contribution in [0.25, 0.3) is 22.2 Å². The number of likely N-dealkylation sites (N-methyl/N-ethyl adjacent to an activating group) is 1. The summed E-state index contributed by atoms with van der Waals surface area (Å²) in [4.78, 5) is 28.3. The molecule has 8 heteroatoms. The van der Waals surface area contributed by atoms with E-state index >= 15 is 0 Å². The minimum absolute atomic E-state index is 0.0811. The number of benzene rings is 3. The van der Waals surface area contributed by atoms with Gasteiger partial charge in [-0.15, -0.1) is 4.85 Å². The van der Waals surface area contributed by atoms with E-state index in [0.29, 0.717) is 10.4 Å². The molecule has 0 spiro atoms. The number of carbonyl (C=O) groups excluding carboxylic acids is 2. The first kappa shape index (κ1) is 22.6. The van der Waals surface area contributed by atoms with Crippen LogP contribution < -0.4 is 4.85 Å². The van der Waals surface area contributed by atoms with Gasteiger partial charge in [0, 0.05) is 13.0 Å². The van der Waals surface area contributed by atoms with Crippen LogP contribution in [0.3, 0.4) is 0 Å². The summed E-state index contributed by atoms with van der Waals surface area (Å²) in [6.07, 6.45) is -0.606. The average molecular weight is 471 g/mol. The van der Waals surface area contributed by atoms with E-state index in [4.69, 9.17) is 4.74 Å². The Labute approximate surface area is 202 Å². The summed E-state index contributed by atoms with van der Waals surface area (Å²) in [5, 5.41) is 16.0. The summed E-state index contributed by atoms with van der Waals surface area (Å²) in [6.45, 7) is 3.83. The number of carbonyl (C=O) groups is 2. The molecule has 1 aliphatic rings. The Hall–Kier alpha value is -4.20. The van der Waals surface area contributed by atoms with Crippen molar-refractivity contribution in [2.75, 3.05) is 13.7 Å². The summed E-state index contributed by atoms with van der Waals surface area (Å²) < 4.78 is 6.82. The lowest BCUT2D eigenvalue weighted by molar-refractivity contribution is -0.645. The van der Waals surface area contributed by atoms with E-state index in [1.165, 1.54) is 4.90 Å². The molecule has 1 atom stereocenters.